The Balaban J connectivity index is 2.23. The van der Waals surface area contributed by atoms with Crippen LogP contribution in [0.2, 0.25) is 0 Å². The molecule has 0 fully saturated rings. The first-order chi connectivity index (χ1) is 9.80. The lowest BCUT2D eigenvalue weighted by Crippen LogP contribution is -2.38. The molecule has 1 N–H and O–H groups in total. The van der Waals surface area contributed by atoms with Crippen LogP contribution in [0, 0.1) is 15.5 Å². The Labute approximate surface area is 126 Å². The number of hydrogen-bond donors (Lipinski definition) is 1. The highest BCUT2D eigenvalue weighted by Crippen LogP contribution is 2.17. The molecule has 1 aromatic carbocycles. The second-order valence-corrected chi connectivity index (χ2v) is 6.18. The summed E-state index contributed by atoms with van der Waals surface area (Å²) >= 11 is 0. The highest BCUT2D eigenvalue weighted by Gasteiger charge is 2.17. The third-order valence-electron chi connectivity index (χ3n) is 2.94. The lowest BCUT2D eigenvalue weighted by Gasteiger charge is -2.28. The van der Waals surface area contributed by atoms with Gasteiger partial charge in [-0.1, -0.05) is 13.8 Å². The third kappa shape index (κ3) is 7.06. The van der Waals surface area contributed by atoms with Gasteiger partial charge in [-0.25, -0.2) is 0 Å². The van der Waals surface area contributed by atoms with Gasteiger partial charge in [0.1, 0.15) is 12.4 Å². The number of nitro groups is 1. The zero-order valence-electron chi connectivity index (χ0n) is 13.3. The molecule has 6 heteroatoms. The summed E-state index contributed by atoms with van der Waals surface area (Å²) in [5.74, 6) is 0.648. The maximum absolute atomic E-state index is 10.5. The fourth-order valence-electron chi connectivity index (χ4n) is 2.24. The Kier molecular flexibility index (Phi) is 6.58. The van der Waals surface area contributed by atoms with Crippen LogP contribution in [0.25, 0.3) is 0 Å². The van der Waals surface area contributed by atoms with E-state index in [0.717, 1.165) is 19.6 Å². The van der Waals surface area contributed by atoms with Crippen LogP contribution < -0.4 is 10.1 Å². The Bertz CT molecular complexity index is 444. The Morgan fingerprint density at radius 1 is 1.29 bits per heavy atom. The second-order valence-electron chi connectivity index (χ2n) is 6.18. The van der Waals surface area contributed by atoms with Crippen LogP contribution in [-0.2, 0) is 0 Å². The number of nitro benzene ring substituents is 1. The van der Waals surface area contributed by atoms with E-state index in [9.17, 15) is 10.1 Å². The number of non-ortho nitro benzene ring substituents is 1. The minimum Gasteiger partial charge on any atom is -0.492 e. The lowest BCUT2D eigenvalue weighted by molar-refractivity contribution is -0.384. The van der Waals surface area contributed by atoms with E-state index in [1.165, 1.54) is 12.1 Å². The average molecular weight is 295 g/mol. The van der Waals surface area contributed by atoms with Crippen LogP contribution in [0.1, 0.15) is 13.8 Å². The van der Waals surface area contributed by atoms with E-state index in [0.29, 0.717) is 12.4 Å². The minimum absolute atomic E-state index is 0.0749. The van der Waals surface area contributed by atoms with Crippen molar-refractivity contribution in [3.8, 4) is 5.75 Å². The highest BCUT2D eigenvalue weighted by atomic mass is 16.6. The monoisotopic (exact) mass is 295 g/mol. The molecule has 0 aromatic heterocycles. The van der Waals surface area contributed by atoms with Crippen molar-refractivity contribution in [1.82, 2.24) is 10.2 Å². The van der Waals surface area contributed by atoms with Gasteiger partial charge < -0.3 is 15.0 Å². The van der Waals surface area contributed by atoms with Crippen molar-refractivity contribution >= 4 is 5.69 Å². The maximum Gasteiger partial charge on any atom is 0.269 e. The van der Waals surface area contributed by atoms with E-state index >= 15 is 0 Å². The molecule has 0 amide bonds. The molecule has 0 saturated carbocycles. The predicted octanol–water partition coefficient (Wildman–Crippen LogP) is 2.15. The summed E-state index contributed by atoms with van der Waals surface area (Å²) < 4.78 is 5.54. The third-order valence-corrected chi connectivity index (χ3v) is 2.94. The molecule has 0 aliphatic rings. The molecule has 0 unspecified atom stereocenters. The van der Waals surface area contributed by atoms with Gasteiger partial charge in [-0.2, -0.15) is 0 Å². The number of nitrogens with one attached hydrogen (secondary N) is 1. The fraction of sp³-hybridized carbons (Fsp3) is 0.600. The molecule has 21 heavy (non-hydrogen) atoms. The molecule has 0 bridgehead atoms. The van der Waals surface area contributed by atoms with Crippen molar-refractivity contribution in [1.29, 1.82) is 0 Å². The number of rotatable bonds is 9. The Morgan fingerprint density at radius 3 is 2.43 bits per heavy atom. The van der Waals surface area contributed by atoms with Gasteiger partial charge in [-0.05, 0) is 31.6 Å². The maximum atomic E-state index is 10.5. The summed E-state index contributed by atoms with van der Waals surface area (Å²) in [6.07, 6.45) is 0. The molecule has 0 aliphatic carbocycles. The standard InChI is InChI=1S/C15H25N3O3/c1-15(2,12-17(3)4)11-16-9-10-21-14-7-5-13(6-8-14)18(19)20/h5-8,16H,9-12H2,1-4H3. The van der Waals surface area contributed by atoms with Gasteiger partial charge in [-0.3, -0.25) is 10.1 Å². The SMILES string of the molecule is CN(C)CC(C)(C)CNCCOc1ccc([N+](=O)[O-])cc1. The average Bonchev–Trinajstić information content (AvgIpc) is 2.37. The van der Waals surface area contributed by atoms with Crippen molar-refractivity contribution in [2.75, 3.05) is 40.3 Å². The van der Waals surface area contributed by atoms with Crippen molar-refractivity contribution in [3.63, 3.8) is 0 Å². The predicted molar refractivity (Wildman–Crippen MR) is 83.8 cm³/mol. The molecular formula is C15H25N3O3. The van der Waals surface area contributed by atoms with E-state index < -0.39 is 4.92 Å². The quantitative estimate of drug-likeness (QED) is 0.429. The second kappa shape index (κ2) is 7.95. The Morgan fingerprint density at radius 2 is 1.90 bits per heavy atom. The van der Waals surface area contributed by atoms with E-state index in [1.807, 2.05) is 0 Å². The Hall–Kier alpha value is -1.66. The summed E-state index contributed by atoms with van der Waals surface area (Å²) in [4.78, 5) is 12.3. The topological polar surface area (TPSA) is 67.6 Å². The number of nitrogens with zero attached hydrogens (tertiary/aromatic N) is 2. The molecule has 6 nitrogen and oxygen atoms in total. The lowest BCUT2D eigenvalue weighted by atomic mass is 9.93. The van der Waals surface area contributed by atoms with Crippen LogP contribution in [-0.4, -0.2) is 50.2 Å². The van der Waals surface area contributed by atoms with E-state index in [4.69, 9.17) is 4.74 Å². The first-order valence-electron chi connectivity index (χ1n) is 7.03. The molecule has 0 atom stereocenters. The first kappa shape index (κ1) is 17.4. The minimum atomic E-state index is -0.418. The molecule has 1 rings (SSSR count). The summed E-state index contributed by atoms with van der Waals surface area (Å²) in [6.45, 7) is 7.65. The van der Waals surface area contributed by atoms with Gasteiger partial charge >= 0.3 is 0 Å². The van der Waals surface area contributed by atoms with Crippen LogP contribution in [0.3, 0.4) is 0 Å². The molecule has 0 aliphatic heterocycles. The van der Waals surface area contributed by atoms with Crippen molar-refractivity contribution in [2.45, 2.75) is 13.8 Å². The molecule has 0 heterocycles. The summed E-state index contributed by atoms with van der Waals surface area (Å²) in [6, 6.07) is 6.13. The van der Waals surface area contributed by atoms with Crippen LogP contribution in [0.5, 0.6) is 5.75 Å². The first-order valence-corrected chi connectivity index (χ1v) is 7.03. The van der Waals surface area contributed by atoms with Crippen LogP contribution >= 0.6 is 0 Å². The zero-order chi connectivity index (χ0) is 15.9. The number of ether oxygens (including phenoxy) is 1. The van der Waals surface area contributed by atoms with Gasteiger partial charge in [0.2, 0.25) is 0 Å². The van der Waals surface area contributed by atoms with Crippen LogP contribution in [0.15, 0.2) is 24.3 Å². The van der Waals surface area contributed by atoms with Crippen molar-refractivity contribution < 1.29 is 9.66 Å². The molecule has 0 spiro atoms. The summed E-state index contributed by atoms with van der Waals surface area (Å²) in [7, 11) is 4.14. The van der Waals surface area contributed by atoms with Gasteiger partial charge in [0.05, 0.1) is 4.92 Å². The molecule has 0 radical (unpaired) electrons. The smallest absolute Gasteiger partial charge is 0.269 e. The van der Waals surface area contributed by atoms with Gasteiger partial charge in [0, 0.05) is 31.8 Å². The summed E-state index contributed by atoms with van der Waals surface area (Å²) in [5.41, 5.74) is 0.280. The van der Waals surface area contributed by atoms with Gasteiger partial charge in [0.25, 0.3) is 5.69 Å². The molecular weight excluding hydrogens is 270 g/mol. The molecule has 1 aromatic rings. The van der Waals surface area contributed by atoms with Crippen molar-refractivity contribution in [3.05, 3.63) is 34.4 Å². The van der Waals surface area contributed by atoms with E-state index in [-0.39, 0.29) is 11.1 Å². The normalized spacial score (nSPS) is 11.7. The van der Waals surface area contributed by atoms with E-state index in [1.54, 1.807) is 12.1 Å². The van der Waals surface area contributed by atoms with Crippen LogP contribution in [0.4, 0.5) is 5.69 Å². The number of benzene rings is 1. The number of hydrogen-bond acceptors (Lipinski definition) is 5. The zero-order valence-corrected chi connectivity index (χ0v) is 13.3. The fourth-order valence-corrected chi connectivity index (χ4v) is 2.24. The molecule has 0 saturated heterocycles. The van der Waals surface area contributed by atoms with Gasteiger partial charge in [0.15, 0.2) is 0 Å². The van der Waals surface area contributed by atoms with Crippen molar-refractivity contribution in [2.24, 2.45) is 5.41 Å². The largest absolute Gasteiger partial charge is 0.492 e. The highest BCUT2D eigenvalue weighted by molar-refractivity contribution is 5.35. The van der Waals surface area contributed by atoms with E-state index in [2.05, 4.69) is 38.2 Å². The summed E-state index contributed by atoms with van der Waals surface area (Å²) in [5, 5.41) is 13.9. The van der Waals surface area contributed by atoms with Gasteiger partial charge in [-0.15, -0.1) is 0 Å². The molecule has 118 valence electrons.